The maximum Gasteiger partial charge on any atom is 0.186 e. The fraction of sp³-hybridized carbons (Fsp3) is 0.667. The molecule has 0 saturated heterocycles. The van der Waals surface area contributed by atoms with Gasteiger partial charge < -0.3 is 10.2 Å². The SMILES string of the molecule is CCCNc1nc(CCN(C)C)nc(C)c1F. The topological polar surface area (TPSA) is 41.1 Å². The molecule has 0 aromatic carbocycles. The summed E-state index contributed by atoms with van der Waals surface area (Å²) in [5, 5.41) is 2.99. The molecule has 0 unspecified atom stereocenters. The minimum absolute atomic E-state index is 0.327. The molecule has 1 aromatic heterocycles. The summed E-state index contributed by atoms with van der Waals surface area (Å²) in [6, 6.07) is 0. The second kappa shape index (κ2) is 6.49. The minimum Gasteiger partial charge on any atom is -0.368 e. The fourth-order valence-corrected chi connectivity index (χ4v) is 1.41. The Morgan fingerprint density at radius 2 is 2.00 bits per heavy atom. The molecule has 1 heterocycles. The molecule has 17 heavy (non-hydrogen) atoms. The van der Waals surface area contributed by atoms with Crippen molar-refractivity contribution in [1.29, 1.82) is 0 Å². The monoisotopic (exact) mass is 240 g/mol. The first-order chi connectivity index (χ1) is 8.04. The Morgan fingerprint density at radius 1 is 1.29 bits per heavy atom. The Balaban J connectivity index is 2.81. The number of aryl methyl sites for hydroxylation is 1. The highest BCUT2D eigenvalue weighted by Crippen LogP contribution is 2.14. The van der Waals surface area contributed by atoms with Crippen molar-refractivity contribution in [3.63, 3.8) is 0 Å². The van der Waals surface area contributed by atoms with Gasteiger partial charge in [0.1, 0.15) is 5.82 Å². The third-order valence-corrected chi connectivity index (χ3v) is 2.39. The van der Waals surface area contributed by atoms with Crippen molar-refractivity contribution in [2.45, 2.75) is 26.7 Å². The molecule has 4 nitrogen and oxygen atoms in total. The standard InChI is InChI=1S/C12H21FN4/c1-5-7-14-12-11(13)9(2)15-10(16-12)6-8-17(3)4/h5-8H2,1-4H3,(H,14,15,16). The van der Waals surface area contributed by atoms with Gasteiger partial charge in [0.25, 0.3) is 0 Å². The second-order valence-electron chi connectivity index (χ2n) is 4.37. The Hall–Kier alpha value is -1.23. The molecule has 0 aliphatic carbocycles. The molecular weight excluding hydrogens is 219 g/mol. The summed E-state index contributed by atoms with van der Waals surface area (Å²) in [6.45, 7) is 5.29. The maximum absolute atomic E-state index is 13.7. The van der Waals surface area contributed by atoms with E-state index in [0.29, 0.717) is 17.3 Å². The molecule has 1 aromatic rings. The zero-order valence-corrected chi connectivity index (χ0v) is 11.0. The molecule has 0 spiro atoms. The Morgan fingerprint density at radius 3 is 2.59 bits per heavy atom. The largest absolute Gasteiger partial charge is 0.368 e. The quantitative estimate of drug-likeness (QED) is 0.824. The van der Waals surface area contributed by atoms with Crippen LogP contribution in [0, 0.1) is 12.7 Å². The number of anilines is 1. The summed E-state index contributed by atoms with van der Waals surface area (Å²) in [7, 11) is 3.99. The number of nitrogens with one attached hydrogen (secondary N) is 1. The molecule has 0 aliphatic heterocycles. The second-order valence-corrected chi connectivity index (χ2v) is 4.37. The van der Waals surface area contributed by atoms with Crippen LogP contribution >= 0.6 is 0 Å². The van der Waals surface area contributed by atoms with Crippen LogP contribution in [0.2, 0.25) is 0 Å². The highest BCUT2D eigenvalue weighted by molar-refractivity contribution is 5.38. The summed E-state index contributed by atoms with van der Waals surface area (Å²) >= 11 is 0. The van der Waals surface area contributed by atoms with E-state index >= 15 is 0 Å². The fourth-order valence-electron chi connectivity index (χ4n) is 1.41. The van der Waals surface area contributed by atoms with Crippen molar-refractivity contribution >= 4 is 5.82 Å². The first kappa shape index (κ1) is 13.8. The van der Waals surface area contributed by atoms with Crippen LogP contribution < -0.4 is 5.32 Å². The van der Waals surface area contributed by atoms with Crippen LogP contribution in [0.4, 0.5) is 10.2 Å². The lowest BCUT2D eigenvalue weighted by atomic mass is 10.3. The number of hydrogen-bond donors (Lipinski definition) is 1. The summed E-state index contributed by atoms with van der Waals surface area (Å²) in [4.78, 5) is 10.4. The van der Waals surface area contributed by atoms with E-state index < -0.39 is 0 Å². The van der Waals surface area contributed by atoms with Crippen LogP contribution in [0.5, 0.6) is 0 Å². The highest BCUT2D eigenvalue weighted by Gasteiger charge is 2.10. The van der Waals surface area contributed by atoms with Crippen molar-refractivity contribution in [1.82, 2.24) is 14.9 Å². The van der Waals surface area contributed by atoms with Gasteiger partial charge in [-0.3, -0.25) is 0 Å². The van der Waals surface area contributed by atoms with E-state index in [4.69, 9.17) is 0 Å². The summed E-state index contributed by atoms with van der Waals surface area (Å²) in [5.41, 5.74) is 0.410. The van der Waals surface area contributed by atoms with E-state index in [1.807, 2.05) is 21.0 Å². The maximum atomic E-state index is 13.7. The van der Waals surface area contributed by atoms with E-state index in [0.717, 1.165) is 25.9 Å². The normalized spacial score (nSPS) is 10.9. The molecule has 1 rings (SSSR count). The molecule has 96 valence electrons. The van der Waals surface area contributed by atoms with Crippen molar-refractivity contribution < 1.29 is 4.39 Å². The van der Waals surface area contributed by atoms with Crippen LogP contribution in [0.25, 0.3) is 0 Å². The Labute approximate surface area is 102 Å². The molecule has 5 heteroatoms. The van der Waals surface area contributed by atoms with Crippen LogP contribution in [-0.2, 0) is 6.42 Å². The van der Waals surface area contributed by atoms with Crippen LogP contribution in [0.15, 0.2) is 0 Å². The van der Waals surface area contributed by atoms with Gasteiger partial charge in [0.15, 0.2) is 11.6 Å². The summed E-state index contributed by atoms with van der Waals surface area (Å²) in [5.74, 6) is 0.677. The van der Waals surface area contributed by atoms with Crippen molar-refractivity contribution in [3.8, 4) is 0 Å². The van der Waals surface area contributed by atoms with Gasteiger partial charge in [-0.25, -0.2) is 14.4 Å². The van der Waals surface area contributed by atoms with Gasteiger partial charge in [0, 0.05) is 19.5 Å². The summed E-state index contributed by atoms with van der Waals surface area (Å²) in [6.07, 6.45) is 1.67. The number of halogens is 1. The average Bonchev–Trinajstić information content (AvgIpc) is 2.28. The lowest BCUT2D eigenvalue weighted by Gasteiger charge is -2.11. The van der Waals surface area contributed by atoms with Gasteiger partial charge >= 0.3 is 0 Å². The van der Waals surface area contributed by atoms with Gasteiger partial charge in [-0.1, -0.05) is 6.92 Å². The molecule has 0 radical (unpaired) electrons. The van der Waals surface area contributed by atoms with Gasteiger partial charge in [-0.05, 0) is 27.4 Å². The highest BCUT2D eigenvalue weighted by atomic mass is 19.1. The van der Waals surface area contributed by atoms with Gasteiger partial charge in [0.05, 0.1) is 5.69 Å². The molecule has 0 aliphatic rings. The van der Waals surface area contributed by atoms with Crippen molar-refractivity contribution in [2.24, 2.45) is 0 Å². The van der Waals surface area contributed by atoms with E-state index in [1.54, 1.807) is 6.92 Å². The Bertz CT molecular complexity index is 366. The molecular formula is C12H21FN4. The predicted molar refractivity (Wildman–Crippen MR) is 67.8 cm³/mol. The molecule has 0 saturated carbocycles. The lowest BCUT2D eigenvalue weighted by molar-refractivity contribution is 0.409. The number of nitrogens with zero attached hydrogens (tertiary/aromatic N) is 3. The smallest absolute Gasteiger partial charge is 0.186 e. The average molecular weight is 240 g/mol. The number of likely N-dealkylation sites (N-methyl/N-ethyl adjacent to an activating group) is 1. The van der Waals surface area contributed by atoms with E-state index in [9.17, 15) is 4.39 Å². The molecule has 0 amide bonds. The molecule has 0 fully saturated rings. The summed E-state index contributed by atoms with van der Waals surface area (Å²) < 4.78 is 13.7. The van der Waals surface area contributed by atoms with Crippen LogP contribution in [-0.4, -0.2) is 42.1 Å². The van der Waals surface area contributed by atoms with Crippen LogP contribution in [0.3, 0.4) is 0 Å². The number of rotatable bonds is 6. The van der Waals surface area contributed by atoms with Crippen LogP contribution in [0.1, 0.15) is 24.9 Å². The third kappa shape index (κ3) is 4.26. The van der Waals surface area contributed by atoms with Crippen molar-refractivity contribution in [2.75, 3.05) is 32.5 Å². The lowest BCUT2D eigenvalue weighted by Crippen LogP contribution is -2.17. The Kier molecular flexibility index (Phi) is 5.28. The molecule has 0 bridgehead atoms. The molecule has 1 N–H and O–H groups in total. The minimum atomic E-state index is -0.341. The number of hydrogen-bond acceptors (Lipinski definition) is 4. The van der Waals surface area contributed by atoms with Gasteiger partial charge in [-0.15, -0.1) is 0 Å². The van der Waals surface area contributed by atoms with Crippen molar-refractivity contribution in [3.05, 3.63) is 17.3 Å². The zero-order chi connectivity index (χ0) is 12.8. The zero-order valence-electron chi connectivity index (χ0n) is 11.0. The van der Waals surface area contributed by atoms with E-state index in [-0.39, 0.29) is 5.82 Å². The van der Waals surface area contributed by atoms with Gasteiger partial charge in [0.2, 0.25) is 0 Å². The van der Waals surface area contributed by atoms with Gasteiger partial charge in [-0.2, -0.15) is 0 Å². The first-order valence-electron chi connectivity index (χ1n) is 5.96. The number of aromatic nitrogens is 2. The van der Waals surface area contributed by atoms with E-state index in [2.05, 4.69) is 20.2 Å². The predicted octanol–water partition coefficient (Wildman–Crippen LogP) is 1.85. The molecule has 0 atom stereocenters. The third-order valence-electron chi connectivity index (χ3n) is 2.39. The first-order valence-corrected chi connectivity index (χ1v) is 5.96. The van der Waals surface area contributed by atoms with E-state index in [1.165, 1.54) is 0 Å².